The molecule has 0 radical (unpaired) electrons. The molecular weight excluding hydrogens is 300 g/mol. The van der Waals surface area contributed by atoms with E-state index in [1.807, 2.05) is 24.3 Å². The molecule has 23 heavy (non-hydrogen) atoms. The minimum Gasteiger partial charge on any atom is -0.486 e. The molecule has 0 aliphatic carbocycles. The van der Waals surface area contributed by atoms with Crippen molar-refractivity contribution in [2.24, 2.45) is 11.0 Å². The van der Waals surface area contributed by atoms with E-state index in [4.69, 9.17) is 14.2 Å². The Kier molecular flexibility index (Phi) is 4.18. The third kappa shape index (κ3) is 2.99. The topological polar surface area (TPSA) is 77.4 Å². The van der Waals surface area contributed by atoms with Gasteiger partial charge in [-0.25, -0.2) is 9.80 Å². The minimum absolute atomic E-state index is 0.133. The van der Waals surface area contributed by atoms with Gasteiger partial charge in [-0.2, -0.15) is 5.10 Å². The molecule has 3 rings (SSSR count). The summed E-state index contributed by atoms with van der Waals surface area (Å²) in [4.78, 5) is 24.1. The van der Waals surface area contributed by atoms with Crippen molar-refractivity contribution >= 4 is 17.6 Å². The smallest absolute Gasteiger partial charge is 0.355 e. The first-order valence-corrected chi connectivity index (χ1v) is 7.55. The van der Waals surface area contributed by atoms with Gasteiger partial charge in [-0.15, -0.1) is 0 Å². The number of nitrogens with zero attached hydrogens (tertiary/aromatic N) is 2. The average molecular weight is 318 g/mol. The maximum Gasteiger partial charge on any atom is 0.355 e. The van der Waals surface area contributed by atoms with Gasteiger partial charge < -0.3 is 14.2 Å². The SMILES string of the molecule is CCOC(=O)C1=NN(CC2COc3ccccc3O2)C(=O)C1C. The number of carbonyl (C=O) groups is 2. The van der Waals surface area contributed by atoms with Crippen molar-refractivity contribution in [2.45, 2.75) is 20.0 Å². The largest absolute Gasteiger partial charge is 0.486 e. The summed E-state index contributed by atoms with van der Waals surface area (Å²) in [6.07, 6.45) is -0.341. The van der Waals surface area contributed by atoms with Crippen molar-refractivity contribution in [1.29, 1.82) is 0 Å². The summed E-state index contributed by atoms with van der Waals surface area (Å²) in [5.41, 5.74) is 0.133. The maximum absolute atomic E-state index is 12.3. The fraction of sp³-hybridized carbons (Fsp3) is 0.438. The summed E-state index contributed by atoms with van der Waals surface area (Å²) in [6, 6.07) is 7.35. The van der Waals surface area contributed by atoms with Gasteiger partial charge in [0.2, 0.25) is 0 Å². The minimum atomic E-state index is -0.606. The molecule has 1 aromatic carbocycles. The van der Waals surface area contributed by atoms with Crippen LogP contribution in [0.3, 0.4) is 0 Å². The fourth-order valence-corrected chi connectivity index (χ4v) is 2.51. The lowest BCUT2D eigenvalue weighted by atomic mass is 10.1. The summed E-state index contributed by atoms with van der Waals surface area (Å²) >= 11 is 0. The molecule has 1 amide bonds. The lowest BCUT2D eigenvalue weighted by Gasteiger charge is -2.28. The van der Waals surface area contributed by atoms with Gasteiger partial charge in [-0.1, -0.05) is 12.1 Å². The van der Waals surface area contributed by atoms with E-state index in [1.165, 1.54) is 5.01 Å². The van der Waals surface area contributed by atoms with Gasteiger partial charge in [0.05, 0.1) is 19.1 Å². The molecule has 1 aromatic rings. The summed E-state index contributed by atoms with van der Waals surface area (Å²) in [5.74, 6) is -0.0815. The first kappa shape index (κ1) is 15.3. The van der Waals surface area contributed by atoms with Crippen LogP contribution in [0.15, 0.2) is 29.4 Å². The van der Waals surface area contributed by atoms with Crippen molar-refractivity contribution < 1.29 is 23.8 Å². The first-order chi connectivity index (χ1) is 11.1. The van der Waals surface area contributed by atoms with E-state index in [1.54, 1.807) is 13.8 Å². The fourth-order valence-electron chi connectivity index (χ4n) is 2.51. The number of carbonyl (C=O) groups excluding carboxylic acids is 2. The van der Waals surface area contributed by atoms with Crippen LogP contribution in [-0.4, -0.2) is 48.5 Å². The standard InChI is InChI=1S/C16H18N2O5/c1-3-21-16(20)14-10(2)15(19)18(17-14)8-11-9-22-12-6-4-5-7-13(12)23-11/h4-7,10-11H,3,8-9H2,1-2H3. The number of para-hydroxylation sites is 2. The monoisotopic (exact) mass is 318 g/mol. The van der Waals surface area contributed by atoms with E-state index in [2.05, 4.69) is 5.10 Å². The average Bonchev–Trinajstić information content (AvgIpc) is 2.83. The Labute approximate surface area is 133 Å². The molecule has 2 aliphatic heterocycles. The molecule has 0 fully saturated rings. The zero-order valence-corrected chi connectivity index (χ0v) is 13.0. The molecule has 0 N–H and O–H groups in total. The molecule has 2 unspecified atom stereocenters. The summed E-state index contributed by atoms with van der Waals surface area (Å²) in [5, 5.41) is 5.37. The highest BCUT2D eigenvalue weighted by Crippen LogP contribution is 2.31. The Balaban J connectivity index is 1.69. The van der Waals surface area contributed by atoms with Gasteiger partial charge in [0.15, 0.2) is 23.3 Å². The van der Waals surface area contributed by atoms with Crippen LogP contribution in [0.25, 0.3) is 0 Å². The predicted molar refractivity (Wildman–Crippen MR) is 81.3 cm³/mol. The Bertz CT molecular complexity index is 658. The molecule has 2 aliphatic rings. The molecule has 122 valence electrons. The number of hydrogen-bond acceptors (Lipinski definition) is 6. The molecule has 0 saturated heterocycles. The van der Waals surface area contributed by atoms with Gasteiger partial charge in [-0.05, 0) is 26.0 Å². The molecule has 0 bridgehead atoms. The van der Waals surface area contributed by atoms with Gasteiger partial charge in [0, 0.05) is 0 Å². The van der Waals surface area contributed by atoms with E-state index in [0.29, 0.717) is 18.1 Å². The van der Waals surface area contributed by atoms with Gasteiger partial charge in [0.25, 0.3) is 5.91 Å². The van der Waals surface area contributed by atoms with Crippen LogP contribution in [0.4, 0.5) is 0 Å². The van der Waals surface area contributed by atoms with Crippen LogP contribution in [-0.2, 0) is 14.3 Å². The zero-order valence-electron chi connectivity index (χ0n) is 13.0. The normalized spacial score (nSPS) is 22.8. The number of ether oxygens (including phenoxy) is 3. The number of hydrogen-bond donors (Lipinski definition) is 0. The van der Waals surface area contributed by atoms with E-state index in [0.717, 1.165) is 0 Å². The molecular formula is C16H18N2O5. The van der Waals surface area contributed by atoms with E-state index in [9.17, 15) is 9.59 Å². The molecule has 7 heteroatoms. The zero-order chi connectivity index (χ0) is 16.4. The van der Waals surface area contributed by atoms with Gasteiger partial charge in [-0.3, -0.25) is 4.79 Å². The Morgan fingerprint density at radius 1 is 1.39 bits per heavy atom. The number of benzene rings is 1. The van der Waals surface area contributed by atoms with E-state index < -0.39 is 11.9 Å². The summed E-state index contributed by atoms with van der Waals surface area (Å²) < 4.78 is 16.4. The van der Waals surface area contributed by atoms with Crippen molar-refractivity contribution in [3.63, 3.8) is 0 Å². The molecule has 0 saturated carbocycles. The van der Waals surface area contributed by atoms with Crippen LogP contribution in [0.5, 0.6) is 11.5 Å². The second-order valence-electron chi connectivity index (χ2n) is 5.35. The number of rotatable bonds is 4. The number of esters is 1. The Morgan fingerprint density at radius 3 is 2.87 bits per heavy atom. The van der Waals surface area contributed by atoms with Gasteiger partial charge in [0.1, 0.15) is 6.61 Å². The van der Waals surface area contributed by atoms with Crippen molar-refractivity contribution in [3.05, 3.63) is 24.3 Å². The van der Waals surface area contributed by atoms with E-state index in [-0.39, 0.29) is 30.9 Å². The highest BCUT2D eigenvalue weighted by atomic mass is 16.6. The molecule has 0 aromatic heterocycles. The highest BCUT2D eigenvalue weighted by molar-refractivity contribution is 6.42. The Morgan fingerprint density at radius 2 is 2.13 bits per heavy atom. The number of amides is 1. The van der Waals surface area contributed by atoms with Crippen molar-refractivity contribution in [2.75, 3.05) is 19.8 Å². The summed E-state index contributed by atoms with van der Waals surface area (Å²) in [6.45, 7) is 4.14. The molecule has 0 spiro atoms. The van der Waals surface area contributed by atoms with E-state index >= 15 is 0 Å². The molecule has 2 atom stereocenters. The van der Waals surface area contributed by atoms with Crippen LogP contribution < -0.4 is 9.47 Å². The Hall–Kier alpha value is -2.57. The maximum atomic E-state index is 12.3. The third-order valence-electron chi connectivity index (χ3n) is 3.69. The lowest BCUT2D eigenvalue weighted by Crippen LogP contribution is -2.40. The number of fused-ring (bicyclic) bond motifs is 1. The predicted octanol–water partition coefficient (Wildman–Crippen LogP) is 1.22. The third-order valence-corrected chi connectivity index (χ3v) is 3.69. The van der Waals surface area contributed by atoms with Crippen LogP contribution in [0, 0.1) is 5.92 Å². The summed E-state index contributed by atoms with van der Waals surface area (Å²) in [7, 11) is 0. The van der Waals surface area contributed by atoms with Crippen molar-refractivity contribution in [3.8, 4) is 11.5 Å². The van der Waals surface area contributed by atoms with Gasteiger partial charge >= 0.3 is 5.97 Å². The molecule has 7 nitrogen and oxygen atoms in total. The van der Waals surface area contributed by atoms with Crippen LogP contribution in [0.2, 0.25) is 0 Å². The number of hydrazone groups is 1. The lowest BCUT2D eigenvalue weighted by molar-refractivity contribution is -0.136. The van der Waals surface area contributed by atoms with Crippen LogP contribution in [0.1, 0.15) is 13.8 Å². The second-order valence-corrected chi connectivity index (χ2v) is 5.35. The second kappa shape index (κ2) is 6.28. The molecule has 2 heterocycles. The highest BCUT2D eigenvalue weighted by Gasteiger charge is 2.38. The van der Waals surface area contributed by atoms with Crippen LogP contribution >= 0.6 is 0 Å². The van der Waals surface area contributed by atoms with Crippen molar-refractivity contribution in [1.82, 2.24) is 5.01 Å². The quantitative estimate of drug-likeness (QED) is 0.780. The first-order valence-electron chi connectivity index (χ1n) is 7.55.